The molecule has 0 bridgehead atoms. The van der Waals surface area contributed by atoms with Crippen molar-refractivity contribution in [2.45, 2.75) is 17.9 Å². The minimum absolute atomic E-state index is 0.308. The molecular weight excluding hydrogens is 344 g/mol. The Kier molecular flexibility index (Phi) is 4.49. The van der Waals surface area contributed by atoms with E-state index in [1.165, 1.54) is 10.9 Å². The summed E-state index contributed by atoms with van der Waals surface area (Å²) in [4.78, 5) is 0.308. The van der Waals surface area contributed by atoms with E-state index >= 15 is 0 Å². The van der Waals surface area contributed by atoms with E-state index in [1.807, 2.05) is 48.7 Å². The molecule has 0 saturated carbocycles. The van der Waals surface area contributed by atoms with Crippen LogP contribution in [0.2, 0.25) is 0 Å². The minimum Gasteiger partial charge on any atom is -0.347 e. The van der Waals surface area contributed by atoms with E-state index in [9.17, 15) is 8.42 Å². The Morgan fingerprint density at radius 2 is 1.54 bits per heavy atom. The molecule has 3 aromatic carbocycles. The second kappa shape index (κ2) is 6.94. The lowest BCUT2D eigenvalue weighted by molar-refractivity contribution is 0.572. The molecular formula is C21H20N2O2S. The van der Waals surface area contributed by atoms with E-state index in [-0.39, 0.29) is 0 Å². The molecule has 0 aliphatic carbocycles. The highest BCUT2D eigenvalue weighted by atomic mass is 32.2. The van der Waals surface area contributed by atoms with E-state index in [4.69, 9.17) is 0 Å². The lowest BCUT2D eigenvalue weighted by atomic mass is 10.1. The number of hydrogen-bond acceptors (Lipinski definition) is 2. The average Bonchev–Trinajstić information content (AvgIpc) is 3.08. The molecule has 26 heavy (non-hydrogen) atoms. The molecule has 1 aromatic heterocycles. The van der Waals surface area contributed by atoms with E-state index in [0.717, 1.165) is 23.7 Å². The van der Waals surface area contributed by atoms with Crippen LogP contribution in [-0.4, -0.2) is 19.5 Å². The summed E-state index contributed by atoms with van der Waals surface area (Å²) in [7, 11) is -3.49. The van der Waals surface area contributed by atoms with Crippen molar-refractivity contribution in [3.63, 3.8) is 0 Å². The van der Waals surface area contributed by atoms with Crippen LogP contribution < -0.4 is 4.72 Å². The Morgan fingerprint density at radius 3 is 2.38 bits per heavy atom. The zero-order chi connectivity index (χ0) is 18.0. The van der Waals surface area contributed by atoms with E-state index in [0.29, 0.717) is 11.4 Å². The molecule has 1 heterocycles. The number of aromatic nitrogens is 1. The minimum atomic E-state index is -3.49. The number of hydrogen-bond donors (Lipinski definition) is 1. The van der Waals surface area contributed by atoms with E-state index in [1.54, 1.807) is 12.1 Å². The summed E-state index contributed by atoms with van der Waals surface area (Å²) in [5.74, 6) is 0. The highest BCUT2D eigenvalue weighted by molar-refractivity contribution is 7.89. The van der Waals surface area contributed by atoms with Crippen molar-refractivity contribution in [3.8, 4) is 0 Å². The maximum Gasteiger partial charge on any atom is 0.240 e. The van der Waals surface area contributed by atoms with Crippen LogP contribution in [0.4, 0.5) is 0 Å². The third kappa shape index (κ3) is 3.36. The smallest absolute Gasteiger partial charge is 0.240 e. The van der Waals surface area contributed by atoms with Crippen molar-refractivity contribution in [3.05, 3.63) is 79.0 Å². The SMILES string of the molecule is O=S(=O)(NCCCn1ccc2ccccc21)c1ccc2ccccc2c1. The number of aryl methyl sites for hydroxylation is 1. The molecule has 4 rings (SSSR count). The van der Waals surface area contributed by atoms with Crippen LogP contribution in [0, 0.1) is 0 Å². The highest BCUT2D eigenvalue weighted by Gasteiger charge is 2.13. The number of rotatable bonds is 6. The quantitative estimate of drug-likeness (QED) is 0.522. The number of benzene rings is 3. The second-order valence-electron chi connectivity index (χ2n) is 6.33. The van der Waals surface area contributed by atoms with Gasteiger partial charge in [0, 0.05) is 24.8 Å². The van der Waals surface area contributed by atoms with Gasteiger partial charge < -0.3 is 4.57 Å². The van der Waals surface area contributed by atoms with Crippen molar-refractivity contribution < 1.29 is 8.42 Å². The molecule has 0 spiro atoms. The Balaban J connectivity index is 1.41. The number of nitrogens with zero attached hydrogens (tertiary/aromatic N) is 1. The zero-order valence-electron chi connectivity index (χ0n) is 14.3. The van der Waals surface area contributed by atoms with Crippen LogP contribution in [0.25, 0.3) is 21.7 Å². The summed E-state index contributed by atoms with van der Waals surface area (Å²) in [6, 6.07) is 23.2. The van der Waals surface area contributed by atoms with Crippen LogP contribution >= 0.6 is 0 Å². The van der Waals surface area contributed by atoms with Crippen LogP contribution in [0.3, 0.4) is 0 Å². The topological polar surface area (TPSA) is 51.1 Å². The molecule has 0 saturated heterocycles. The predicted molar refractivity (Wildman–Crippen MR) is 106 cm³/mol. The van der Waals surface area contributed by atoms with Crippen molar-refractivity contribution in [2.75, 3.05) is 6.54 Å². The highest BCUT2D eigenvalue weighted by Crippen LogP contribution is 2.19. The maximum atomic E-state index is 12.5. The van der Waals surface area contributed by atoms with Crippen molar-refractivity contribution in [1.82, 2.24) is 9.29 Å². The van der Waals surface area contributed by atoms with E-state index in [2.05, 4.69) is 27.5 Å². The number of para-hydroxylation sites is 1. The van der Waals surface area contributed by atoms with Gasteiger partial charge >= 0.3 is 0 Å². The summed E-state index contributed by atoms with van der Waals surface area (Å²) in [6.07, 6.45) is 2.77. The first-order valence-electron chi connectivity index (χ1n) is 8.66. The lowest BCUT2D eigenvalue weighted by Gasteiger charge is -2.09. The number of sulfonamides is 1. The first kappa shape index (κ1) is 16.8. The van der Waals surface area contributed by atoms with Crippen molar-refractivity contribution in [1.29, 1.82) is 0 Å². The Morgan fingerprint density at radius 1 is 0.808 bits per heavy atom. The summed E-state index contributed by atoms with van der Waals surface area (Å²) in [5.41, 5.74) is 1.17. The van der Waals surface area contributed by atoms with Gasteiger partial charge in [-0.05, 0) is 46.8 Å². The maximum absolute atomic E-state index is 12.5. The van der Waals surface area contributed by atoms with E-state index < -0.39 is 10.0 Å². The normalized spacial score (nSPS) is 12.0. The zero-order valence-corrected chi connectivity index (χ0v) is 15.1. The van der Waals surface area contributed by atoms with Gasteiger partial charge in [-0.1, -0.05) is 48.5 Å². The molecule has 0 unspecified atom stereocenters. The van der Waals surface area contributed by atoms with Gasteiger partial charge in [0.15, 0.2) is 0 Å². The van der Waals surface area contributed by atoms with Gasteiger partial charge in [0.25, 0.3) is 0 Å². The molecule has 5 heteroatoms. The summed E-state index contributed by atoms with van der Waals surface area (Å²) < 4.78 is 29.9. The average molecular weight is 364 g/mol. The summed E-state index contributed by atoms with van der Waals surface area (Å²) >= 11 is 0. The Bertz CT molecular complexity index is 1160. The Labute approximate surface area is 153 Å². The third-order valence-electron chi connectivity index (χ3n) is 4.58. The molecule has 0 amide bonds. The fourth-order valence-corrected chi connectivity index (χ4v) is 4.32. The van der Waals surface area contributed by atoms with Crippen LogP contribution in [-0.2, 0) is 16.6 Å². The van der Waals surface area contributed by atoms with Gasteiger partial charge in [0.2, 0.25) is 10.0 Å². The first-order valence-corrected chi connectivity index (χ1v) is 10.1. The fourth-order valence-electron chi connectivity index (χ4n) is 3.21. The fraction of sp³-hybridized carbons (Fsp3) is 0.143. The predicted octanol–water partition coefficient (Wildman–Crippen LogP) is 4.16. The van der Waals surface area contributed by atoms with Crippen molar-refractivity contribution >= 4 is 31.7 Å². The van der Waals surface area contributed by atoms with Crippen molar-refractivity contribution in [2.24, 2.45) is 0 Å². The van der Waals surface area contributed by atoms with Gasteiger partial charge in [0.1, 0.15) is 0 Å². The van der Waals surface area contributed by atoms with Gasteiger partial charge in [-0.3, -0.25) is 0 Å². The number of fused-ring (bicyclic) bond motifs is 2. The summed E-state index contributed by atoms with van der Waals surface area (Å²) in [6.45, 7) is 1.18. The van der Waals surface area contributed by atoms with Gasteiger partial charge in [-0.15, -0.1) is 0 Å². The molecule has 4 aromatic rings. The van der Waals surface area contributed by atoms with Gasteiger partial charge in [0.05, 0.1) is 4.90 Å². The molecule has 0 atom stereocenters. The molecule has 0 fully saturated rings. The molecule has 0 radical (unpaired) electrons. The molecule has 132 valence electrons. The van der Waals surface area contributed by atoms with Crippen LogP contribution in [0.1, 0.15) is 6.42 Å². The summed E-state index contributed by atoms with van der Waals surface area (Å²) in [5, 5.41) is 3.16. The largest absolute Gasteiger partial charge is 0.347 e. The first-order chi connectivity index (χ1) is 12.6. The van der Waals surface area contributed by atoms with Gasteiger partial charge in [-0.2, -0.15) is 0 Å². The molecule has 1 N–H and O–H groups in total. The van der Waals surface area contributed by atoms with Crippen LogP contribution in [0.5, 0.6) is 0 Å². The lowest BCUT2D eigenvalue weighted by Crippen LogP contribution is -2.25. The molecule has 4 nitrogen and oxygen atoms in total. The Hall–Kier alpha value is -2.63. The number of nitrogens with one attached hydrogen (secondary N) is 1. The van der Waals surface area contributed by atoms with Crippen LogP contribution in [0.15, 0.2) is 83.9 Å². The third-order valence-corrected chi connectivity index (χ3v) is 6.04. The second-order valence-corrected chi connectivity index (χ2v) is 8.10. The molecule has 0 aliphatic heterocycles. The standard InChI is InChI=1S/C21H20N2O2S/c24-26(25,20-11-10-17-6-1-2-8-19(17)16-20)22-13-5-14-23-15-12-18-7-3-4-9-21(18)23/h1-4,6-12,15-16,22H,5,13-14H2. The van der Waals surface area contributed by atoms with Gasteiger partial charge in [-0.25, -0.2) is 13.1 Å². The molecule has 0 aliphatic rings. The monoisotopic (exact) mass is 364 g/mol.